The SMILES string of the molecule is COc1ccc(/C(=C/c2ccc(C(C)C)cc2)C(=O)O)cc1Cl. The predicted molar refractivity (Wildman–Crippen MR) is 94.0 cm³/mol. The van der Waals surface area contributed by atoms with E-state index in [1.807, 2.05) is 24.3 Å². The van der Waals surface area contributed by atoms with Crippen LogP contribution >= 0.6 is 11.6 Å². The van der Waals surface area contributed by atoms with Gasteiger partial charge in [0.15, 0.2) is 0 Å². The quantitative estimate of drug-likeness (QED) is 0.613. The van der Waals surface area contributed by atoms with Crippen molar-refractivity contribution in [1.82, 2.24) is 0 Å². The number of carboxylic acid groups (broad SMARTS) is 1. The van der Waals surface area contributed by atoms with E-state index in [2.05, 4.69) is 13.8 Å². The zero-order valence-corrected chi connectivity index (χ0v) is 14.1. The number of rotatable bonds is 5. The van der Waals surface area contributed by atoms with Gasteiger partial charge in [-0.25, -0.2) is 4.79 Å². The minimum absolute atomic E-state index is 0.187. The van der Waals surface area contributed by atoms with Crippen molar-refractivity contribution in [2.75, 3.05) is 7.11 Å². The average Bonchev–Trinajstić information content (AvgIpc) is 2.52. The maximum atomic E-state index is 11.6. The van der Waals surface area contributed by atoms with Crippen LogP contribution < -0.4 is 4.74 Å². The Morgan fingerprint density at radius 2 is 1.83 bits per heavy atom. The molecule has 0 radical (unpaired) electrons. The van der Waals surface area contributed by atoms with Gasteiger partial charge in [-0.05, 0) is 40.8 Å². The summed E-state index contributed by atoms with van der Waals surface area (Å²) in [5.41, 5.74) is 2.77. The van der Waals surface area contributed by atoms with Crippen LogP contribution in [0.15, 0.2) is 42.5 Å². The molecule has 0 spiro atoms. The molecule has 4 heteroatoms. The number of halogens is 1. The highest BCUT2D eigenvalue weighted by molar-refractivity contribution is 6.32. The number of hydrogen-bond donors (Lipinski definition) is 1. The molecule has 3 nitrogen and oxygen atoms in total. The van der Waals surface area contributed by atoms with E-state index in [0.717, 1.165) is 5.56 Å². The minimum atomic E-state index is -1.00. The van der Waals surface area contributed by atoms with Crippen LogP contribution in [0.3, 0.4) is 0 Å². The van der Waals surface area contributed by atoms with Gasteiger partial charge in [0, 0.05) is 0 Å². The summed E-state index contributed by atoms with van der Waals surface area (Å²) in [4.78, 5) is 11.6. The fraction of sp³-hybridized carbons (Fsp3) is 0.211. The highest BCUT2D eigenvalue weighted by Gasteiger charge is 2.13. The standard InChI is InChI=1S/C19H19ClO3/c1-12(2)14-6-4-13(5-7-14)10-16(19(21)22)15-8-9-18(23-3)17(20)11-15/h4-12H,1-3H3,(H,21,22)/b16-10-. The molecule has 120 valence electrons. The third kappa shape index (κ3) is 4.14. The van der Waals surface area contributed by atoms with E-state index in [0.29, 0.717) is 22.3 Å². The molecule has 0 atom stereocenters. The monoisotopic (exact) mass is 330 g/mol. The molecule has 0 aliphatic rings. The molecule has 2 aromatic carbocycles. The van der Waals surface area contributed by atoms with Crippen LogP contribution in [0.25, 0.3) is 11.6 Å². The van der Waals surface area contributed by atoms with Crippen molar-refractivity contribution in [3.8, 4) is 5.75 Å². The van der Waals surface area contributed by atoms with Gasteiger partial charge in [-0.15, -0.1) is 0 Å². The molecule has 2 aromatic rings. The van der Waals surface area contributed by atoms with Gasteiger partial charge in [-0.3, -0.25) is 0 Å². The van der Waals surface area contributed by atoms with Crippen LogP contribution in [0.5, 0.6) is 5.75 Å². The molecule has 0 unspecified atom stereocenters. The molecular weight excluding hydrogens is 312 g/mol. The minimum Gasteiger partial charge on any atom is -0.495 e. The highest BCUT2D eigenvalue weighted by atomic mass is 35.5. The summed E-state index contributed by atoms with van der Waals surface area (Å²) in [6, 6.07) is 12.8. The highest BCUT2D eigenvalue weighted by Crippen LogP contribution is 2.29. The van der Waals surface area contributed by atoms with Crippen LogP contribution in [0.4, 0.5) is 0 Å². The number of ether oxygens (including phenoxy) is 1. The van der Waals surface area contributed by atoms with Gasteiger partial charge in [0.2, 0.25) is 0 Å². The van der Waals surface area contributed by atoms with Gasteiger partial charge in [0.1, 0.15) is 5.75 Å². The number of carboxylic acids is 1. The molecule has 0 saturated carbocycles. The summed E-state index contributed by atoms with van der Waals surface area (Å²) in [5, 5.41) is 9.89. The molecule has 0 saturated heterocycles. The Morgan fingerprint density at radius 3 is 2.30 bits per heavy atom. The van der Waals surface area contributed by atoms with Gasteiger partial charge in [0.25, 0.3) is 0 Å². The second kappa shape index (κ2) is 7.34. The fourth-order valence-electron chi connectivity index (χ4n) is 2.25. The predicted octanol–water partition coefficient (Wildman–Crippen LogP) is 5.10. The zero-order valence-electron chi connectivity index (χ0n) is 13.3. The lowest BCUT2D eigenvalue weighted by atomic mass is 9.99. The van der Waals surface area contributed by atoms with Gasteiger partial charge >= 0.3 is 5.97 Å². The van der Waals surface area contributed by atoms with Crippen molar-refractivity contribution in [2.45, 2.75) is 19.8 Å². The Hall–Kier alpha value is -2.26. The first-order valence-corrected chi connectivity index (χ1v) is 7.69. The fourth-order valence-corrected chi connectivity index (χ4v) is 2.50. The van der Waals surface area contributed by atoms with E-state index in [1.165, 1.54) is 12.7 Å². The Labute approximate surface area is 141 Å². The average molecular weight is 331 g/mol. The number of methoxy groups -OCH3 is 1. The second-order valence-electron chi connectivity index (χ2n) is 5.53. The van der Waals surface area contributed by atoms with Crippen LogP contribution in [-0.4, -0.2) is 18.2 Å². The number of carbonyl (C=O) groups is 1. The Balaban J connectivity index is 2.41. The van der Waals surface area contributed by atoms with Crippen molar-refractivity contribution in [2.24, 2.45) is 0 Å². The Bertz CT molecular complexity index is 731. The lowest BCUT2D eigenvalue weighted by Crippen LogP contribution is -2.00. The maximum Gasteiger partial charge on any atom is 0.336 e. The Morgan fingerprint density at radius 1 is 1.17 bits per heavy atom. The molecule has 0 fully saturated rings. The van der Waals surface area contributed by atoms with E-state index >= 15 is 0 Å². The zero-order chi connectivity index (χ0) is 17.0. The summed E-state index contributed by atoms with van der Waals surface area (Å²) in [5.74, 6) is -0.0482. The van der Waals surface area contributed by atoms with Crippen LogP contribution in [-0.2, 0) is 4.79 Å². The molecule has 23 heavy (non-hydrogen) atoms. The summed E-state index contributed by atoms with van der Waals surface area (Å²) in [7, 11) is 1.52. The van der Waals surface area contributed by atoms with Crippen molar-refractivity contribution in [3.63, 3.8) is 0 Å². The van der Waals surface area contributed by atoms with Crippen LogP contribution in [0.2, 0.25) is 5.02 Å². The molecule has 0 bridgehead atoms. The molecule has 0 aliphatic heterocycles. The first kappa shape index (κ1) is 17.1. The van der Waals surface area contributed by atoms with Gasteiger partial charge in [-0.2, -0.15) is 0 Å². The lowest BCUT2D eigenvalue weighted by molar-refractivity contribution is -0.130. The van der Waals surface area contributed by atoms with Gasteiger partial charge in [0.05, 0.1) is 17.7 Å². The van der Waals surface area contributed by atoms with Crippen molar-refractivity contribution < 1.29 is 14.6 Å². The van der Waals surface area contributed by atoms with E-state index in [1.54, 1.807) is 24.3 Å². The maximum absolute atomic E-state index is 11.6. The molecule has 2 rings (SSSR count). The van der Waals surface area contributed by atoms with Gasteiger partial charge in [-0.1, -0.05) is 55.8 Å². The van der Waals surface area contributed by atoms with E-state index < -0.39 is 5.97 Å². The first-order chi connectivity index (χ1) is 10.9. The summed E-state index contributed by atoms with van der Waals surface area (Å²) < 4.78 is 5.10. The molecule has 1 N–H and O–H groups in total. The van der Waals surface area contributed by atoms with E-state index in [9.17, 15) is 9.90 Å². The van der Waals surface area contributed by atoms with Crippen LogP contribution in [0.1, 0.15) is 36.5 Å². The normalized spacial score (nSPS) is 11.6. The number of hydrogen-bond acceptors (Lipinski definition) is 2. The van der Waals surface area contributed by atoms with Gasteiger partial charge < -0.3 is 9.84 Å². The molecule has 0 aliphatic carbocycles. The van der Waals surface area contributed by atoms with Crippen LogP contribution in [0, 0.1) is 0 Å². The molecule has 0 heterocycles. The smallest absolute Gasteiger partial charge is 0.336 e. The largest absolute Gasteiger partial charge is 0.495 e. The third-order valence-electron chi connectivity index (χ3n) is 3.61. The van der Waals surface area contributed by atoms with Crippen molar-refractivity contribution in [3.05, 3.63) is 64.2 Å². The topological polar surface area (TPSA) is 46.5 Å². The van der Waals surface area contributed by atoms with E-state index in [-0.39, 0.29) is 5.57 Å². The molecule has 0 amide bonds. The number of benzene rings is 2. The van der Waals surface area contributed by atoms with E-state index in [4.69, 9.17) is 16.3 Å². The molecular formula is C19H19ClO3. The second-order valence-corrected chi connectivity index (χ2v) is 5.94. The summed E-state index contributed by atoms with van der Waals surface area (Å²) in [6.07, 6.45) is 1.64. The van der Waals surface area contributed by atoms with Crippen molar-refractivity contribution in [1.29, 1.82) is 0 Å². The Kier molecular flexibility index (Phi) is 5.45. The first-order valence-electron chi connectivity index (χ1n) is 7.31. The van der Waals surface area contributed by atoms with Crippen molar-refractivity contribution >= 4 is 29.2 Å². The third-order valence-corrected chi connectivity index (χ3v) is 3.90. The number of aliphatic carboxylic acids is 1. The molecule has 0 aromatic heterocycles. The lowest BCUT2D eigenvalue weighted by Gasteiger charge is -2.08. The summed E-state index contributed by atoms with van der Waals surface area (Å²) in [6.45, 7) is 4.24. The summed E-state index contributed by atoms with van der Waals surface area (Å²) >= 11 is 6.09.